The normalized spacial score (nSPS) is 18.5. The van der Waals surface area contributed by atoms with Crippen LogP contribution in [0.25, 0.3) is 16.8 Å². The number of fused-ring (bicyclic) bond motifs is 2. The molecule has 146 valence electrons. The summed E-state index contributed by atoms with van der Waals surface area (Å²) in [6, 6.07) is 6.24. The van der Waals surface area contributed by atoms with Gasteiger partial charge in [-0.2, -0.15) is 0 Å². The summed E-state index contributed by atoms with van der Waals surface area (Å²) in [6.45, 7) is 1.90. The van der Waals surface area contributed by atoms with Crippen LogP contribution in [0, 0.1) is 10.1 Å². The van der Waals surface area contributed by atoms with E-state index in [0.717, 1.165) is 6.08 Å². The van der Waals surface area contributed by atoms with Gasteiger partial charge in [0.15, 0.2) is 0 Å². The van der Waals surface area contributed by atoms with Crippen molar-refractivity contribution in [2.45, 2.75) is 29.5 Å². The Bertz CT molecular complexity index is 1200. The number of nitrogens with zero attached hydrogens (tertiary/aromatic N) is 3. The van der Waals surface area contributed by atoms with Gasteiger partial charge >= 0.3 is 4.87 Å². The molecule has 1 atom stereocenters. The molecular formula is C18H17ClN4O4S. The van der Waals surface area contributed by atoms with E-state index in [1.54, 1.807) is 18.2 Å². The number of pyridine rings is 1. The van der Waals surface area contributed by atoms with E-state index in [1.165, 1.54) is 24.5 Å². The molecule has 0 saturated heterocycles. The molecule has 8 nitrogen and oxygen atoms in total. The Morgan fingerprint density at radius 2 is 2.11 bits per heavy atom. The third kappa shape index (κ3) is 2.78. The Labute approximate surface area is 167 Å². The van der Waals surface area contributed by atoms with Gasteiger partial charge in [-0.3, -0.25) is 15.1 Å². The number of aryl methyl sites for hydroxylation is 1. The van der Waals surface area contributed by atoms with Gasteiger partial charge in [-0.15, -0.1) is 12.4 Å². The van der Waals surface area contributed by atoms with E-state index in [9.17, 15) is 18.5 Å². The smallest absolute Gasteiger partial charge is 0.345 e. The molecule has 10 heteroatoms. The van der Waals surface area contributed by atoms with E-state index in [0.29, 0.717) is 34.4 Å². The van der Waals surface area contributed by atoms with Gasteiger partial charge in [-0.05, 0) is 18.2 Å². The van der Waals surface area contributed by atoms with Gasteiger partial charge in [0.2, 0.25) is 0 Å². The number of halogens is 1. The van der Waals surface area contributed by atoms with Crippen molar-refractivity contribution in [1.82, 2.24) is 15.0 Å². The van der Waals surface area contributed by atoms with Crippen molar-refractivity contribution in [3.63, 3.8) is 0 Å². The van der Waals surface area contributed by atoms with Crippen molar-refractivity contribution in [1.29, 1.82) is 0 Å². The molecule has 4 rings (SSSR count). The molecule has 0 spiro atoms. The number of rotatable bonds is 4. The molecular weight excluding hydrogens is 404 g/mol. The van der Waals surface area contributed by atoms with Crippen molar-refractivity contribution in [2.75, 3.05) is 0 Å². The molecule has 0 saturated carbocycles. The highest BCUT2D eigenvalue weighted by Gasteiger charge is 2.57. The zero-order chi connectivity index (χ0) is 19.2. The van der Waals surface area contributed by atoms with Crippen LogP contribution in [0.1, 0.15) is 24.1 Å². The molecule has 0 radical (unpaired) electrons. The minimum absolute atomic E-state index is 0. The number of nitrogens with one attached hydrogen (secondary N) is 1. The monoisotopic (exact) mass is 420 g/mol. The molecule has 1 aromatic carbocycles. The first kappa shape index (κ1) is 20.0. The quantitative estimate of drug-likeness (QED) is 0.512. The van der Waals surface area contributed by atoms with Crippen LogP contribution in [0.3, 0.4) is 0 Å². The van der Waals surface area contributed by atoms with Crippen LogP contribution in [0.15, 0.2) is 47.6 Å². The molecule has 0 amide bonds. The van der Waals surface area contributed by atoms with E-state index >= 15 is 0 Å². The summed E-state index contributed by atoms with van der Waals surface area (Å²) in [5, 5.41) is 13.1. The summed E-state index contributed by atoms with van der Waals surface area (Å²) in [6.07, 6.45) is 5.88. The van der Waals surface area contributed by atoms with Gasteiger partial charge < -0.3 is 4.98 Å². The Morgan fingerprint density at radius 3 is 2.82 bits per heavy atom. The maximum absolute atomic E-state index is 13.5. The van der Waals surface area contributed by atoms with Crippen LogP contribution in [0.5, 0.6) is 0 Å². The zero-order valence-corrected chi connectivity index (χ0v) is 16.5. The second-order valence-electron chi connectivity index (χ2n) is 6.37. The number of benzene rings is 1. The maximum atomic E-state index is 13.5. The van der Waals surface area contributed by atoms with E-state index in [4.69, 9.17) is 0 Å². The first-order chi connectivity index (χ1) is 12.9. The summed E-state index contributed by atoms with van der Waals surface area (Å²) in [4.78, 5) is 20.3. The van der Waals surface area contributed by atoms with Gasteiger partial charge in [0.1, 0.15) is 5.82 Å². The molecule has 2 heterocycles. The number of sulfone groups is 1. The van der Waals surface area contributed by atoms with Crippen LogP contribution in [-0.4, -0.2) is 33.2 Å². The number of nitro groups is 1. The molecule has 1 N–H and O–H groups in total. The second kappa shape index (κ2) is 6.99. The van der Waals surface area contributed by atoms with Gasteiger partial charge in [0.05, 0.1) is 22.7 Å². The minimum Gasteiger partial charge on any atom is -0.345 e. The lowest BCUT2D eigenvalue weighted by molar-refractivity contribution is -0.526. The molecule has 28 heavy (non-hydrogen) atoms. The average Bonchev–Trinajstić information content (AvgIpc) is 3.09. The SMILES string of the molecule is CCc1nc2c([nH]1)CC([N+](=O)[O-])(S(=O)(=O)c1cccc3cnccc13)C=C2.Cl. The number of aromatic amines is 1. The standard InChI is InChI=1S/C18H16N4O4S.ClH/c1-2-17-20-14-6-8-18(22(23)24,10-15(14)21-17)27(25,26)16-5-3-4-12-11-19-9-7-13(12)16;/h3-9,11H,2,10H2,1H3,(H,20,21);1H. The fourth-order valence-electron chi connectivity index (χ4n) is 3.37. The number of hydrogen-bond acceptors (Lipinski definition) is 6. The van der Waals surface area contributed by atoms with Gasteiger partial charge in [0.25, 0.3) is 9.84 Å². The molecule has 1 aliphatic rings. The van der Waals surface area contributed by atoms with Gasteiger partial charge in [-0.25, -0.2) is 13.4 Å². The molecule has 1 aliphatic carbocycles. The Morgan fingerprint density at radius 1 is 1.32 bits per heavy atom. The largest absolute Gasteiger partial charge is 0.347 e. The third-order valence-corrected chi connectivity index (χ3v) is 7.13. The first-order valence-corrected chi connectivity index (χ1v) is 9.86. The number of hydrogen-bond donors (Lipinski definition) is 1. The predicted molar refractivity (Wildman–Crippen MR) is 107 cm³/mol. The molecule has 3 aromatic rings. The third-order valence-electron chi connectivity index (χ3n) is 4.83. The Hall–Kier alpha value is -2.78. The fraction of sp³-hybridized carbons (Fsp3) is 0.222. The highest BCUT2D eigenvalue weighted by atomic mass is 35.5. The van der Waals surface area contributed by atoms with Crippen LogP contribution in [0.2, 0.25) is 0 Å². The van der Waals surface area contributed by atoms with Crippen molar-refractivity contribution in [3.05, 3.63) is 70.1 Å². The summed E-state index contributed by atoms with van der Waals surface area (Å²) in [7, 11) is -4.35. The number of aromatic nitrogens is 3. The molecule has 2 aromatic heterocycles. The van der Waals surface area contributed by atoms with Crippen LogP contribution < -0.4 is 0 Å². The van der Waals surface area contributed by atoms with Crippen LogP contribution in [-0.2, 0) is 22.7 Å². The number of H-pyrrole nitrogens is 1. The average molecular weight is 421 g/mol. The highest BCUT2D eigenvalue weighted by Crippen LogP contribution is 2.38. The van der Waals surface area contributed by atoms with E-state index in [-0.39, 0.29) is 23.7 Å². The summed E-state index contributed by atoms with van der Waals surface area (Å²) >= 11 is 0. The molecule has 0 fully saturated rings. The molecule has 0 aliphatic heterocycles. The molecule has 0 bridgehead atoms. The van der Waals surface area contributed by atoms with Gasteiger partial charge in [0, 0.05) is 40.6 Å². The first-order valence-electron chi connectivity index (χ1n) is 8.38. The summed E-state index contributed by atoms with van der Waals surface area (Å²) in [5.74, 6) is 0.664. The second-order valence-corrected chi connectivity index (χ2v) is 8.52. The summed E-state index contributed by atoms with van der Waals surface area (Å²) in [5.41, 5.74) is 0.998. The van der Waals surface area contributed by atoms with Crippen molar-refractivity contribution in [2.24, 2.45) is 0 Å². The van der Waals surface area contributed by atoms with Gasteiger partial charge in [-0.1, -0.05) is 19.1 Å². The Kier molecular flexibility index (Phi) is 4.99. The fourth-order valence-corrected chi connectivity index (χ4v) is 5.26. The van der Waals surface area contributed by atoms with Crippen LogP contribution >= 0.6 is 12.4 Å². The zero-order valence-electron chi connectivity index (χ0n) is 14.8. The van der Waals surface area contributed by atoms with Crippen molar-refractivity contribution < 1.29 is 13.3 Å². The lowest BCUT2D eigenvalue weighted by Crippen LogP contribution is -2.47. The van der Waals surface area contributed by atoms with Crippen molar-refractivity contribution in [3.8, 4) is 0 Å². The topological polar surface area (TPSA) is 119 Å². The van der Waals surface area contributed by atoms with E-state index in [2.05, 4.69) is 15.0 Å². The van der Waals surface area contributed by atoms with Crippen LogP contribution in [0.4, 0.5) is 0 Å². The predicted octanol–water partition coefficient (Wildman–Crippen LogP) is 2.96. The Balaban J connectivity index is 0.00000225. The lowest BCUT2D eigenvalue weighted by Gasteiger charge is -2.25. The number of imidazole rings is 1. The summed E-state index contributed by atoms with van der Waals surface area (Å²) < 4.78 is 27.0. The highest BCUT2D eigenvalue weighted by molar-refractivity contribution is 7.93. The minimum atomic E-state index is -4.35. The molecule has 1 unspecified atom stereocenters. The van der Waals surface area contributed by atoms with E-state index in [1.807, 2.05) is 6.92 Å². The lowest BCUT2D eigenvalue weighted by atomic mass is 10.0. The maximum Gasteiger partial charge on any atom is 0.347 e. The van der Waals surface area contributed by atoms with Crippen molar-refractivity contribution >= 4 is 39.1 Å². The van der Waals surface area contributed by atoms with E-state index < -0.39 is 19.6 Å².